The van der Waals surface area contributed by atoms with Gasteiger partial charge in [0, 0.05) is 24.7 Å². The van der Waals surface area contributed by atoms with Gasteiger partial charge in [0.25, 0.3) is 17.7 Å². The standard InChI is InChI=1S/C22H23N3O6/c1-13(25-21(28)17-6-4-5-7-18(17)22(25)29)19(26)23-8-9-24-20(27)14-10-15(30-2)12-16(11-14)31-3/h4-7,10-13H,8-9H2,1-3H3,(H,23,26)(H,24,27). The average molecular weight is 425 g/mol. The second-order valence-electron chi connectivity index (χ2n) is 6.85. The zero-order valence-electron chi connectivity index (χ0n) is 17.4. The quantitative estimate of drug-likeness (QED) is 0.486. The molecule has 3 rings (SSSR count). The molecule has 1 atom stereocenters. The Morgan fingerprint density at radius 2 is 1.42 bits per heavy atom. The Hall–Kier alpha value is -3.88. The summed E-state index contributed by atoms with van der Waals surface area (Å²) in [6, 6.07) is 10.3. The Morgan fingerprint density at radius 3 is 1.94 bits per heavy atom. The van der Waals surface area contributed by atoms with Crippen molar-refractivity contribution >= 4 is 23.6 Å². The third-order valence-electron chi connectivity index (χ3n) is 4.92. The summed E-state index contributed by atoms with van der Waals surface area (Å²) in [5, 5.41) is 5.31. The van der Waals surface area contributed by atoms with E-state index in [-0.39, 0.29) is 30.1 Å². The minimum Gasteiger partial charge on any atom is -0.497 e. The van der Waals surface area contributed by atoms with E-state index < -0.39 is 23.8 Å². The number of hydrogen-bond donors (Lipinski definition) is 2. The van der Waals surface area contributed by atoms with Crippen molar-refractivity contribution in [2.24, 2.45) is 0 Å². The first-order valence-electron chi connectivity index (χ1n) is 9.63. The lowest BCUT2D eigenvalue weighted by atomic mass is 10.1. The summed E-state index contributed by atoms with van der Waals surface area (Å²) < 4.78 is 10.3. The summed E-state index contributed by atoms with van der Waals surface area (Å²) in [5.41, 5.74) is 0.920. The van der Waals surface area contributed by atoms with Crippen LogP contribution in [-0.2, 0) is 4.79 Å². The number of fused-ring (bicyclic) bond motifs is 1. The molecule has 0 aromatic heterocycles. The molecule has 0 saturated carbocycles. The number of nitrogens with zero attached hydrogens (tertiary/aromatic N) is 1. The van der Waals surface area contributed by atoms with Crippen LogP contribution in [0.4, 0.5) is 0 Å². The molecule has 0 aliphatic carbocycles. The molecule has 162 valence electrons. The zero-order valence-corrected chi connectivity index (χ0v) is 17.4. The summed E-state index contributed by atoms with van der Waals surface area (Å²) in [4.78, 5) is 50.7. The molecule has 0 radical (unpaired) electrons. The van der Waals surface area contributed by atoms with Gasteiger partial charge in [0.2, 0.25) is 5.91 Å². The Bertz CT molecular complexity index is 978. The predicted molar refractivity (Wildman–Crippen MR) is 111 cm³/mol. The maximum Gasteiger partial charge on any atom is 0.262 e. The van der Waals surface area contributed by atoms with E-state index in [0.29, 0.717) is 17.1 Å². The lowest BCUT2D eigenvalue weighted by molar-refractivity contribution is -0.124. The second kappa shape index (κ2) is 9.29. The van der Waals surface area contributed by atoms with E-state index in [4.69, 9.17) is 9.47 Å². The molecule has 31 heavy (non-hydrogen) atoms. The molecular weight excluding hydrogens is 402 g/mol. The van der Waals surface area contributed by atoms with E-state index in [1.807, 2.05) is 0 Å². The minimum absolute atomic E-state index is 0.124. The summed E-state index contributed by atoms with van der Waals surface area (Å²) in [5.74, 6) is -0.890. The van der Waals surface area contributed by atoms with Crippen LogP contribution in [0.15, 0.2) is 42.5 Å². The number of rotatable bonds is 8. The SMILES string of the molecule is COc1cc(OC)cc(C(=O)NCCNC(=O)C(C)N2C(=O)c3ccccc3C2=O)c1. The zero-order chi connectivity index (χ0) is 22.5. The summed E-state index contributed by atoms with van der Waals surface area (Å²) in [6.07, 6.45) is 0. The molecule has 4 amide bonds. The maximum absolute atomic E-state index is 12.5. The molecule has 0 saturated heterocycles. The minimum atomic E-state index is -0.981. The Morgan fingerprint density at radius 1 is 0.903 bits per heavy atom. The Balaban J connectivity index is 1.52. The first-order valence-corrected chi connectivity index (χ1v) is 9.63. The number of amides is 4. The van der Waals surface area contributed by atoms with Gasteiger partial charge in [0.05, 0.1) is 25.3 Å². The van der Waals surface area contributed by atoms with Gasteiger partial charge in [-0.1, -0.05) is 12.1 Å². The van der Waals surface area contributed by atoms with Crippen LogP contribution in [0.5, 0.6) is 11.5 Å². The highest BCUT2D eigenvalue weighted by Gasteiger charge is 2.40. The number of imide groups is 1. The summed E-state index contributed by atoms with van der Waals surface area (Å²) in [7, 11) is 2.98. The van der Waals surface area contributed by atoms with Crippen molar-refractivity contribution in [1.29, 1.82) is 0 Å². The fourth-order valence-electron chi connectivity index (χ4n) is 3.23. The van der Waals surface area contributed by atoms with Crippen LogP contribution < -0.4 is 20.1 Å². The fraction of sp³-hybridized carbons (Fsp3) is 0.273. The lowest BCUT2D eigenvalue weighted by Crippen LogP contribution is -2.49. The molecule has 9 nitrogen and oxygen atoms in total. The molecule has 1 aliphatic rings. The fourth-order valence-corrected chi connectivity index (χ4v) is 3.23. The van der Waals surface area contributed by atoms with Crippen molar-refractivity contribution in [1.82, 2.24) is 15.5 Å². The van der Waals surface area contributed by atoms with Crippen LogP contribution in [0.1, 0.15) is 38.0 Å². The van der Waals surface area contributed by atoms with Gasteiger partial charge < -0.3 is 20.1 Å². The number of methoxy groups -OCH3 is 2. The molecule has 1 heterocycles. The van der Waals surface area contributed by atoms with Crippen LogP contribution in [-0.4, -0.2) is 61.9 Å². The molecule has 9 heteroatoms. The molecule has 0 spiro atoms. The van der Waals surface area contributed by atoms with E-state index in [1.165, 1.54) is 21.1 Å². The van der Waals surface area contributed by atoms with Crippen molar-refractivity contribution in [3.8, 4) is 11.5 Å². The first-order chi connectivity index (χ1) is 14.9. The van der Waals surface area contributed by atoms with Gasteiger partial charge >= 0.3 is 0 Å². The van der Waals surface area contributed by atoms with Crippen LogP contribution in [0.3, 0.4) is 0 Å². The molecule has 2 aromatic rings. The molecule has 2 N–H and O–H groups in total. The largest absolute Gasteiger partial charge is 0.497 e. The Labute approximate surface area is 179 Å². The van der Waals surface area contributed by atoms with Gasteiger partial charge in [0.1, 0.15) is 17.5 Å². The number of ether oxygens (including phenoxy) is 2. The van der Waals surface area contributed by atoms with Crippen LogP contribution >= 0.6 is 0 Å². The molecule has 2 aromatic carbocycles. The number of carbonyl (C=O) groups excluding carboxylic acids is 4. The van der Waals surface area contributed by atoms with Crippen LogP contribution in [0, 0.1) is 0 Å². The van der Waals surface area contributed by atoms with Crippen molar-refractivity contribution in [3.63, 3.8) is 0 Å². The van der Waals surface area contributed by atoms with E-state index in [0.717, 1.165) is 4.90 Å². The highest BCUT2D eigenvalue weighted by Crippen LogP contribution is 2.24. The van der Waals surface area contributed by atoms with Crippen molar-refractivity contribution in [2.45, 2.75) is 13.0 Å². The van der Waals surface area contributed by atoms with E-state index in [2.05, 4.69) is 10.6 Å². The van der Waals surface area contributed by atoms with Gasteiger partial charge in [0.15, 0.2) is 0 Å². The van der Waals surface area contributed by atoms with Crippen LogP contribution in [0.25, 0.3) is 0 Å². The van der Waals surface area contributed by atoms with Crippen LogP contribution in [0.2, 0.25) is 0 Å². The van der Waals surface area contributed by atoms with Gasteiger partial charge in [-0.3, -0.25) is 24.1 Å². The van der Waals surface area contributed by atoms with Crippen molar-refractivity contribution in [2.75, 3.05) is 27.3 Å². The normalized spacial score (nSPS) is 13.5. The Kier molecular flexibility index (Phi) is 6.54. The summed E-state index contributed by atoms with van der Waals surface area (Å²) >= 11 is 0. The topological polar surface area (TPSA) is 114 Å². The average Bonchev–Trinajstić information content (AvgIpc) is 3.05. The number of nitrogens with one attached hydrogen (secondary N) is 2. The third-order valence-corrected chi connectivity index (χ3v) is 4.92. The monoisotopic (exact) mass is 425 g/mol. The predicted octanol–water partition coefficient (Wildman–Crippen LogP) is 1.23. The first kappa shape index (κ1) is 21.8. The van der Waals surface area contributed by atoms with Crippen molar-refractivity contribution in [3.05, 3.63) is 59.2 Å². The molecular formula is C22H23N3O6. The molecule has 1 unspecified atom stereocenters. The lowest BCUT2D eigenvalue weighted by Gasteiger charge is -2.21. The highest BCUT2D eigenvalue weighted by molar-refractivity contribution is 6.22. The molecule has 1 aliphatic heterocycles. The van der Waals surface area contributed by atoms with Gasteiger partial charge in [-0.25, -0.2) is 0 Å². The van der Waals surface area contributed by atoms with Gasteiger partial charge in [-0.15, -0.1) is 0 Å². The number of hydrogen-bond acceptors (Lipinski definition) is 6. The number of benzene rings is 2. The molecule has 0 bridgehead atoms. The van der Waals surface area contributed by atoms with E-state index in [1.54, 1.807) is 42.5 Å². The van der Waals surface area contributed by atoms with Crippen molar-refractivity contribution < 1.29 is 28.7 Å². The summed E-state index contributed by atoms with van der Waals surface area (Å²) in [6.45, 7) is 1.76. The highest BCUT2D eigenvalue weighted by atomic mass is 16.5. The second-order valence-corrected chi connectivity index (χ2v) is 6.85. The van der Waals surface area contributed by atoms with Gasteiger partial charge in [-0.05, 0) is 31.2 Å². The number of carbonyl (C=O) groups is 4. The van der Waals surface area contributed by atoms with Gasteiger partial charge in [-0.2, -0.15) is 0 Å². The van der Waals surface area contributed by atoms with E-state index in [9.17, 15) is 19.2 Å². The van der Waals surface area contributed by atoms with E-state index >= 15 is 0 Å². The molecule has 0 fully saturated rings. The maximum atomic E-state index is 12.5. The smallest absolute Gasteiger partial charge is 0.262 e. The third kappa shape index (κ3) is 4.50.